The van der Waals surface area contributed by atoms with Gasteiger partial charge in [0.05, 0.1) is 0 Å². The van der Waals surface area contributed by atoms with Crippen molar-refractivity contribution in [2.24, 2.45) is 0 Å². The molecule has 86 valence electrons. The van der Waals surface area contributed by atoms with E-state index in [0.717, 1.165) is 0 Å². The van der Waals surface area contributed by atoms with Crippen LogP contribution in [0.5, 0.6) is 0 Å². The molecule has 0 aliphatic carbocycles. The average Bonchev–Trinajstić information content (AvgIpc) is 2.28. The molecular weight excluding hydrogens is 247 g/mol. The van der Waals surface area contributed by atoms with E-state index in [0.29, 0.717) is 12.2 Å². The second kappa shape index (κ2) is 11.8. The van der Waals surface area contributed by atoms with Gasteiger partial charge in [0.1, 0.15) is 0 Å². The van der Waals surface area contributed by atoms with Crippen molar-refractivity contribution in [2.45, 2.75) is 0 Å². The molecule has 0 saturated heterocycles. The molecular formula is C12H13KO4. The molecule has 0 spiro atoms. The van der Waals surface area contributed by atoms with E-state index in [2.05, 4.69) is 6.58 Å². The van der Waals surface area contributed by atoms with Crippen molar-refractivity contribution in [3.63, 3.8) is 0 Å². The van der Waals surface area contributed by atoms with Gasteiger partial charge in [0.2, 0.25) is 0 Å². The summed E-state index contributed by atoms with van der Waals surface area (Å²) in [5.74, 6) is -2.51. The number of hydrogen-bond donors (Lipinski definition) is 2. The van der Waals surface area contributed by atoms with E-state index in [1.807, 2.05) is 36.4 Å². The first kappa shape index (κ1) is 18.6. The molecule has 0 saturated carbocycles. The molecule has 1 aromatic rings. The Labute approximate surface area is 142 Å². The molecule has 0 aliphatic heterocycles. The van der Waals surface area contributed by atoms with E-state index >= 15 is 0 Å². The van der Waals surface area contributed by atoms with Gasteiger partial charge in [-0.2, -0.15) is 0 Å². The topological polar surface area (TPSA) is 74.6 Å². The number of carboxylic acids is 2. The zero-order valence-electron chi connectivity index (χ0n) is 8.54. The van der Waals surface area contributed by atoms with Crippen molar-refractivity contribution in [1.29, 1.82) is 0 Å². The predicted molar refractivity (Wildman–Crippen MR) is 68.1 cm³/mol. The Hall–Kier alpha value is -0.724. The molecule has 0 radical (unpaired) electrons. The Bertz CT molecular complexity index is 369. The Morgan fingerprint density at radius 3 is 1.65 bits per heavy atom. The van der Waals surface area contributed by atoms with E-state index < -0.39 is 11.9 Å². The van der Waals surface area contributed by atoms with Gasteiger partial charge in [0.15, 0.2) is 0 Å². The van der Waals surface area contributed by atoms with Crippen LogP contribution in [0.15, 0.2) is 49.1 Å². The van der Waals surface area contributed by atoms with Gasteiger partial charge in [-0.05, 0) is 5.56 Å². The van der Waals surface area contributed by atoms with Crippen LogP contribution in [-0.2, 0) is 9.59 Å². The zero-order chi connectivity index (χ0) is 12.4. The van der Waals surface area contributed by atoms with E-state index in [-0.39, 0.29) is 51.4 Å². The maximum absolute atomic E-state index is 9.55. The Balaban J connectivity index is 0. The first-order chi connectivity index (χ1) is 7.56. The third-order valence-electron chi connectivity index (χ3n) is 1.40. The van der Waals surface area contributed by atoms with Crippen molar-refractivity contribution in [3.05, 3.63) is 54.6 Å². The molecule has 4 nitrogen and oxygen atoms in total. The van der Waals surface area contributed by atoms with Crippen LogP contribution in [0.4, 0.5) is 0 Å². The molecule has 5 heteroatoms. The fourth-order valence-electron chi connectivity index (χ4n) is 0.732. The van der Waals surface area contributed by atoms with Gasteiger partial charge in [-0.3, -0.25) is 0 Å². The molecule has 0 unspecified atom stereocenters. The number of rotatable bonds is 3. The molecule has 0 fully saturated rings. The summed E-state index contributed by atoms with van der Waals surface area (Å²) in [4.78, 5) is 19.1. The first-order valence-electron chi connectivity index (χ1n) is 4.37. The van der Waals surface area contributed by atoms with Crippen LogP contribution in [0.2, 0.25) is 0 Å². The Morgan fingerprint density at radius 1 is 1.00 bits per heavy atom. The van der Waals surface area contributed by atoms with E-state index in [4.69, 9.17) is 10.2 Å². The molecule has 1 aromatic carbocycles. The SMILES string of the molecule is C=Cc1ccccc1.O=C(O)/C=C\C(=O)O.[KH]. The van der Waals surface area contributed by atoms with Crippen molar-refractivity contribution < 1.29 is 19.8 Å². The molecule has 0 atom stereocenters. The summed E-state index contributed by atoms with van der Waals surface area (Å²) in [6.45, 7) is 3.63. The third kappa shape index (κ3) is 13.2. The van der Waals surface area contributed by atoms with Gasteiger partial charge in [-0.25, -0.2) is 9.59 Å². The number of aliphatic carboxylic acids is 2. The van der Waals surface area contributed by atoms with E-state index in [1.54, 1.807) is 0 Å². The predicted octanol–water partition coefficient (Wildman–Crippen LogP) is 1.39. The van der Waals surface area contributed by atoms with Crippen LogP contribution >= 0.6 is 0 Å². The van der Waals surface area contributed by atoms with Gasteiger partial charge in [-0.1, -0.05) is 43.0 Å². The van der Waals surface area contributed by atoms with Crippen LogP contribution in [0.1, 0.15) is 5.56 Å². The van der Waals surface area contributed by atoms with Crippen LogP contribution in [0.3, 0.4) is 0 Å². The summed E-state index contributed by atoms with van der Waals surface area (Å²) in [6, 6.07) is 10.0. The molecule has 0 bridgehead atoms. The van der Waals surface area contributed by atoms with E-state index in [1.165, 1.54) is 5.56 Å². The zero-order valence-corrected chi connectivity index (χ0v) is 8.54. The number of carbonyl (C=O) groups is 2. The number of benzene rings is 1. The van der Waals surface area contributed by atoms with Gasteiger partial charge in [-0.15, -0.1) is 0 Å². The third-order valence-corrected chi connectivity index (χ3v) is 1.40. The minimum absolute atomic E-state index is 0. The Morgan fingerprint density at radius 2 is 1.41 bits per heavy atom. The fourth-order valence-corrected chi connectivity index (χ4v) is 0.732. The van der Waals surface area contributed by atoms with Crippen LogP contribution in [0.25, 0.3) is 6.08 Å². The molecule has 0 aromatic heterocycles. The quantitative estimate of drug-likeness (QED) is 0.636. The van der Waals surface area contributed by atoms with Crippen molar-refractivity contribution in [3.8, 4) is 0 Å². The van der Waals surface area contributed by atoms with E-state index in [9.17, 15) is 9.59 Å². The summed E-state index contributed by atoms with van der Waals surface area (Å²) in [6.07, 6.45) is 2.95. The summed E-state index contributed by atoms with van der Waals surface area (Å²) < 4.78 is 0. The molecule has 0 heterocycles. The normalized spacial score (nSPS) is 8.47. The second-order valence-electron chi connectivity index (χ2n) is 2.62. The van der Waals surface area contributed by atoms with Gasteiger partial charge in [0, 0.05) is 12.2 Å². The standard InChI is InChI=1S/C8H8.C4H4O4.K.H/c1-2-8-6-4-3-5-7-8;5-3(6)1-2-4(7)8;;/h2-7H,1H2;1-2H,(H,5,6)(H,7,8);;/b;2-1-;;. The fraction of sp³-hybridized carbons (Fsp3) is 0. The molecule has 0 amide bonds. The van der Waals surface area contributed by atoms with Gasteiger partial charge < -0.3 is 10.2 Å². The summed E-state index contributed by atoms with van der Waals surface area (Å²) in [7, 11) is 0. The minimum atomic E-state index is -1.26. The monoisotopic (exact) mass is 260 g/mol. The first-order valence-corrected chi connectivity index (χ1v) is 4.37. The van der Waals surface area contributed by atoms with Crippen molar-refractivity contribution >= 4 is 69.4 Å². The van der Waals surface area contributed by atoms with Crippen LogP contribution in [-0.4, -0.2) is 73.5 Å². The van der Waals surface area contributed by atoms with Gasteiger partial charge in [0.25, 0.3) is 0 Å². The van der Waals surface area contributed by atoms with Crippen molar-refractivity contribution in [1.82, 2.24) is 0 Å². The summed E-state index contributed by atoms with van der Waals surface area (Å²) >= 11 is 0. The molecule has 2 N–H and O–H groups in total. The van der Waals surface area contributed by atoms with Crippen LogP contribution < -0.4 is 0 Å². The average molecular weight is 260 g/mol. The Kier molecular flexibility index (Phi) is 12.9. The van der Waals surface area contributed by atoms with Crippen molar-refractivity contribution in [2.75, 3.05) is 0 Å². The number of hydrogen-bond acceptors (Lipinski definition) is 2. The molecule has 17 heavy (non-hydrogen) atoms. The summed E-state index contributed by atoms with van der Waals surface area (Å²) in [5.41, 5.74) is 1.17. The second-order valence-corrected chi connectivity index (χ2v) is 2.62. The summed E-state index contributed by atoms with van der Waals surface area (Å²) in [5, 5.41) is 15.6. The number of carboxylic acid groups (broad SMARTS) is 2. The molecule has 1 rings (SSSR count). The maximum atomic E-state index is 9.55. The molecule has 0 aliphatic rings. The van der Waals surface area contributed by atoms with Gasteiger partial charge >= 0.3 is 63.3 Å². The van der Waals surface area contributed by atoms with Crippen LogP contribution in [0, 0.1) is 0 Å².